The minimum atomic E-state index is 0.936. The van der Waals surface area contributed by atoms with E-state index in [1.807, 2.05) is 0 Å². The van der Waals surface area contributed by atoms with Crippen LogP contribution < -0.4 is 0 Å². The van der Waals surface area contributed by atoms with Gasteiger partial charge in [0, 0.05) is 23.1 Å². The summed E-state index contributed by atoms with van der Waals surface area (Å²) >= 11 is 0. The van der Waals surface area contributed by atoms with Crippen LogP contribution in [0.3, 0.4) is 0 Å². The standard InChI is InChI=1S/C34H44/c1-3-5-7-8-10-12-30-15-19-32(20-16-30)22-24-34-27-25-33(26-28-34)23-21-31-17-13-29(14-18-31)11-9-6-4-2/h15-16,19-20,25-29,31H,3-9,11,13-14,17-18,21,23H2,1-2H3. The highest BCUT2D eigenvalue weighted by Crippen LogP contribution is 2.34. The second-order valence-corrected chi connectivity index (χ2v) is 10.2. The van der Waals surface area contributed by atoms with E-state index in [1.165, 1.54) is 89.0 Å². The van der Waals surface area contributed by atoms with Gasteiger partial charge >= 0.3 is 0 Å². The van der Waals surface area contributed by atoms with E-state index >= 15 is 0 Å². The SMILES string of the molecule is CCCCCC#Cc1ccc(C#Cc2ccc(CCC3CCC(CCCCC)CC3)cc2)cc1. The lowest BCUT2D eigenvalue weighted by Crippen LogP contribution is -2.15. The van der Waals surface area contributed by atoms with Gasteiger partial charge in [-0.3, -0.25) is 0 Å². The quantitative estimate of drug-likeness (QED) is 0.249. The highest BCUT2D eigenvalue weighted by molar-refractivity contribution is 5.46. The van der Waals surface area contributed by atoms with Gasteiger partial charge in [-0.1, -0.05) is 114 Å². The molecule has 0 nitrogen and oxygen atoms in total. The fourth-order valence-electron chi connectivity index (χ4n) is 5.03. The monoisotopic (exact) mass is 452 g/mol. The van der Waals surface area contributed by atoms with Crippen molar-refractivity contribution in [1.82, 2.24) is 0 Å². The molecule has 0 aliphatic heterocycles. The van der Waals surface area contributed by atoms with Crippen molar-refractivity contribution in [3.05, 3.63) is 70.8 Å². The first kappa shape index (κ1) is 26.2. The van der Waals surface area contributed by atoms with Crippen LogP contribution in [0.4, 0.5) is 0 Å². The fraction of sp³-hybridized carbons (Fsp3) is 0.529. The predicted molar refractivity (Wildman–Crippen MR) is 148 cm³/mol. The largest absolute Gasteiger partial charge is 0.0979 e. The van der Waals surface area contributed by atoms with Crippen LogP contribution in [0.1, 0.15) is 120 Å². The molecule has 0 unspecified atom stereocenters. The molecule has 34 heavy (non-hydrogen) atoms. The lowest BCUT2D eigenvalue weighted by molar-refractivity contribution is 0.249. The Kier molecular flexibility index (Phi) is 11.9. The third kappa shape index (κ3) is 9.82. The number of hydrogen-bond donors (Lipinski definition) is 0. The molecule has 1 saturated carbocycles. The van der Waals surface area contributed by atoms with Crippen molar-refractivity contribution in [2.75, 3.05) is 0 Å². The molecule has 1 aliphatic carbocycles. The molecule has 3 rings (SSSR count). The van der Waals surface area contributed by atoms with Crippen molar-refractivity contribution in [3.8, 4) is 23.7 Å². The highest BCUT2D eigenvalue weighted by Gasteiger charge is 2.20. The lowest BCUT2D eigenvalue weighted by atomic mass is 9.78. The molecule has 2 aromatic carbocycles. The van der Waals surface area contributed by atoms with Gasteiger partial charge in [-0.15, -0.1) is 0 Å². The van der Waals surface area contributed by atoms with Crippen molar-refractivity contribution in [2.45, 2.75) is 104 Å². The van der Waals surface area contributed by atoms with Gasteiger partial charge in [-0.2, -0.15) is 0 Å². The van der Waals surface area contributed by atoms with E-state index in [-0.39, 0.29) is 0 Å². The Labute approximate surface area is 210 Å². The maximum atomic E-state index is 3.32. The summed E-state index contributed by atoms with van der Waals surface area (Å²) in [6.07, 6.45) is 18.8. The topological polar surface area (TPSA) is 0 Å². The fourth-order valence-corrected chi connectivity index (χ4v) is 5.03. The highest BCUT2D eigenvalue weighted by atomic mass is 14.3. The maximum absolute atomic E-state index is 3.32. The first-order chi connectivity index (χ1) is 16.8. The Morgan fingerprint density at radius 3 is 1.68 bits per heavy atom. The van der Waals surface area contributed by atoms with Crippen molar-refractivity contribution < 1.29 is 0 Å². The summed E-state index contributed by atoms with van der Waals surface area (Å²) in [4.78, 5) is 0. The van der Waals surface area contributed by atoms with Gasteiger partial charge < -0.3 is 0 Å². The number of aryl methyl sites for hydroxylation is 1. The van der Waals surface area contributed by atoms with Crippen LogP contribution in [0, 0.1) is 35.5 Å². The van der Waals surface area contributed by atoms with Crippen LogP contribution in [-0.2, 0) is 6.42 Å². The molecule has 1 aliphatic rings. The van der Waals surface area contributed by atoms with E-state index < -0.39 is 0 Å². The lowest BCUT2D eigenvalue weighted by Gasteiger charge is -2.28. The molecule has 0 N–H and O–H groups in total. The molecule has 2 aromatic rings. The third-order valence-corrected chi connectivity index (χ3v) is 7.35. The summed E-state index contributed by atoms with van der Waals surface area (Å²) in [6.45, 7) is 4.53. The van der Waals surface area contributed by atoms with Crippen LogP contribution in [-0.4, -0.2) is 0 Å². The number of rotatable bonds is 10. The van der Waals surface area contributed by atoms with Gasteiger partial charge in [0.2, 0.25) is 0 Å². The van der Waals surface area contributed by atoms with Gasteiger partial charge in [-0.05, 0) is 73.1 Å². The Hall–Kier alpha value is -2.44. The van der Waals surface area contributed by atoms with E-state index in [2.05, 4.69) is 86.1 Å². The van der Waals surface area contributed by atoms with Crippen molar-refractivity contribution in [2.24, 2.45) is 11.8 Å². The molecule has 0 heteroatoms. The maximum Gasteiger partial charge on any atom is 0.0249 e. The van der Waals surface area contributed by atoms with Crippen LogP contribution in [0.5, 0.6) is 0 Å². The summed E-state index contributed by atoms with van der Waals surface area (Å²) in [5.41, 5.74) is 4.68. The predicted octanol–water partition coefficient (Wildman–Crippen LogP) is 9.34. The summed E-state index contributed by atoms with van der Waals surface area (Å²) in [7, 11) is 0. The Morgan fingerprint density at radius 1 is 0.588 bits per heavy atom. The molecule has 0 saturated heterocycles. The van der Waals surface area contributed by atoms with Crippen LogP contribution in [0.15, 0.2) is 48.5 Å². The minimum absolute atomic E-state index is 0.936. The number of unbranched alkanes of at least 4 members (excludes halogenated alkanes) is 5. The smallest absolute Gasteiger partial charge is 0.0249 e. The average Bonchev–Trinajstić information content (AvgIpc) is 2.88. The summed E-state index contributed by atoms with van der Waals surface area (Å²) < 4.78 is 0. The van der Waals surface area contributed by atoms with Gasteiger partial charge in [0.25, 0.3) is 0 Å². The summed E-state index contributed by atoms with van der Waals surface area (Å²) in [5, 5.41) is 0. The Morgan fingerprint density at radius 2 is 1.09 bits per heavy atom. The average molecular weight is 453 g/mol. The molecule has 0 atom stereocenters. The second-order valence-electron chi connectivity index (χ2n) is 10.2. The number of benzene rings is 2. The van der Waals surface area contributed by atoms with Gasteiger partial charge in [0.1, 0.15) is 0 Å². The minimum Gasteiger partial charge on any atom is -0.0979 e. The zero-order valence-corrected chi connectivity index (χ0v) is 21.7. The Bertz CT molecular complexity index is 932. The van der Waals surface area contributed by atoms with Gasteiger partial charge in [0.15, 0.2) is 0 Å². The zero-order valence-electron chi connectivity index (χ0n) is 21.7. The van der Waals surface area contributed by atoms with Crippen LogP contribution >= 0.6 is 0 Å². The summed E-state index contributed by atoms with van der Waals surface area (Å²) in [5.74, 6) is 15.1. The zero-order chi connectivity index (χ0) is 23.8. The third-order valence-electron chi connectivity index (χ3n) is 7.35. The number of hydrogen-bond acceptors (Lipinski definition) is 0. The summed E-state index contributed by atoms with van der Waals surface area (Å²) in [6, 6.07) is 17.2. The van der Waals surface area contributed by atoms with E-state index in [9.17, 15) is 0 Å². The first-order valence-electron chi connectivity index (χ1n) is 14.0. The van der Waals surface area contributed by atoms with Crippen molar-refractivity contribution in [1.29, 1.82) is 0 Å². The molecule has 0 radical (unpaired) electrons. The van der Waals surface area contributed by atoms with E-state index in [0.717, 1.165) is 34.9 Å². The van der Waals surface area contributed by atoms with Crippen molar-refractivity contribution >= 4 is 0 Å². The first-order valence-corrected chi connectivity index (χ1v) is 14.0. The van der Waals surface area contributed by atoms with Gasteiger partial charge in [0.05, 0.1) is 0 Å². The van der Waals surface area contributed by atoms with Crippen LogP contribution in [0.2, 0.25) is 0 Å². The van der Waals surface area contributed by atoms with Gasteiger partial charge in [-0.25, -0.2) is 0 Å². The molecular weight excluding hydrogens is 408 g/mol. The normalized spacial score (nSPS) is 17.4. The molecule has 0 heterocycles. The molecule has 0 amide bonds. The Balaban J connectivity index is 1.40. The molecule has 0 spiro atoms. The molecule has 1 fully saturated rings. The van der Waals surface area contributed by atoms with Crippen LogP contribution in [0.25, 0.3) is 0 Å². The molecule has 0 bridgehead atoms. The molecule has 180 valence electrons. The van der Waals surface area contributed by atoms with E-state index in [1.54, 1.807) is 0 Å². The molecular formula is C34H44. The van der Waals surface area contributed by atoms with E-state index in [4.69, 9.17) is 0 Å². The molecule has 0 aromatic heterocycles. The van der Waals surface area contributed by atoms with E-state index in [0.29, 0.717) is 0 Å². The second kappa shape index (κ2) is 15.5. The van der Waals surface area contributed by atoms with Crippen molar-refractivity contribution in [3.63, 3.8) is 0 Å².